The van der Waals surface area contributed by atoms with E-state index in [4.69, 9.17) is 0 Å². The van der Waals surface area contributed by atoms with Gasteiger partial charge in [0, 0.05) is 0 Å². The number of hydrogen-bond donors (Lipinski definition) is 0. The van der Waals surface area contributed by atoms with E-state index in [0.29, 0.717) is 0 Å². The van der Waals surface area contributed by atoms with Gasteiger partial charge < -0.3 is 0 Å². The minimum atomic E-state index is -3.83. The van der Waals surface area contributed by atoms with Crippen LogP contribution in [0.25, 0.3) is 0 Å². The molecule has 0 N–H and O–H groups in total. The fraction of sp³-hybridized carbons (Fsp3) is 1.00. The maximum Gasteiger partial charge on any atom is 0.570 e. The highest BCUT2D eigenvalue weighted by Crippen LogP contribution is 2.27. The second kappa shape index (κ2) is 4.37. The Bertz CT molecular complexity index is 249. The van der Waals surface area contributed by atoms with E-state index in [9.17, 15) is 17.0 Å². The first-order valence-electron chi connectivity index (χ1n) is 3.96. The van der Waals surface area contributed by atoms with E-state index >= 15 is 0 Å². The quantitative estimate of drug-likeness (QED) is 0.514. The molecule has 0 radical (unpaired) electrons. The van der Waals surface area contributed by atoms with Gasteiger partial charge >= 0.3 is 7.27 Å². The van der Waals surface area contributed by atoms with Crippen LogP contribution in [0.5, 0.6) is 0 Å². The Balaban J connectivity index is 4.79. The summed E-state index contributed by atoms with van der Waals surface area (Å²) in [6, 6.07) is 0. The largest absolute Gasteiger partial charge is 0.570 e. The normalized spacial score (nSPS) is 13.0. The molecule has 0 aliphatic carbocycles. The summed E-state index contributed by atoms with van der Waals surface area (Å²) >= 11 is 0. The zero-order valence-electron chi connectivity index (χ0n) is 7.88. The molecule has 0 amide bonds. The Labute approximate surface area is 77.8 Å². The van der Waals surface area contributed by atoms with Crippen molar-refractivity contribution in [2.45, 2.75) is 32.2 Å². The minimum Gasteiger partial charge on any atom is -0.283 e. The van der Waals surface area contributed by atoms with Gasteiger partial charge in [0.05, 0.1) is 6.26 Å². The molecule has 0 unspecified atom stereocenters. The van der Waals surface area contributed by atoms with Crippen molar-refractivity contribution in [2.75, 3.05) is 6.26 Å². The number of hydrogen-bond acceptors (Lipinski definition) is 3. The molecule has 0 aromatic carbocycles. The van der Waals surface area contributed by atoms with Gasteiger partial charge in [-0.3, -0.25) is 12.8 Å². The van der Waals surface area contributed by atoms with Crippen LogP contribution in [0.4, 0.5) is 8.63 Å². The van der Waals surface area contributed by atoms with Crippen LogP contribution in [-0.2, 0) is 14.3 Å². The SMILES string of the molecule is CCC(CC)(OS(C)(=O)=O)B(F)F. The highest BCUT2D eigenvalue weighted by molar-refractivity contribution is 7.86. The van der Waals surface area contributed by atoms with E-state index in [-0.39, 0.29) is 12.8 Å². The van der Waals surface area contributed by atoms with Crippen molar-refractivity contribution in [1.82, 2.24) is 0 Å². The van der Waals surface area contributed by atoms with Crippen molar-refractivity contribution < 1.29 is 21.2 Å². The van der Waals surface area contributed by atoms with Gasteiger partial charge in [0.25, 0.3) is 10.1 Å². The summed E-state index contributed by atoms with van der Waals surface area (Å²) in [5.74, 6) is 0. The first-order chi connectivity index (χ1) is 5.77. The van der Waals surface area contributed by atoms with Crippen LogP contribution < -0.4 is 0 Å². The summed E-state index contributed by atoms with van der Waals surface area (Å²) in [4.78, 5) is 0. The summed E-state index contributed by atoms with van der Waals surface area (Å²) in [6.45, 7) is 2.95. The zero-order valence-corrected chi connectivity index (χ0v) is 8.70. The molecule has 0 aliphatic rings. The Morgan fingerprint density at radius 3 is 1.77 bits per heavy atom. The highest BCUT2D eigenvalue weighted by Gasteiger charge is 2.46. The van der Waals surface area contributed by atoms with E-state index in [1.54, 1.807) is 0 Å². The molecule has 0 atom stereocenters. The fourth-order valence-electron chi connectivity index (χ4n) is 1.01. The molecule has 0 saturated heterocycles. The second-order valence-electron chi connectivity index (χ2n) is 2.86. The van der Waals surface area contributed by atoms with Crippen molar-refractivity contribution in [1.29, 1.82) is 0 Å². The molecule has 0 bridgehead atoms. The topological polar surface area (TPSA) is 43.4 Å². The van der Waals surface area contributed by atoms with Gasteiger partial charge in [-0.25, -0.2) is 0 Å². The lowest BCUT2D eigenvalue weighted by molar-refractivity contribution is 0.129. The minimum absolute atomic E-state index is 0.0335. The van der Waals surface area contributed by atoms with E-state index in [1.165, 1.54) is 13.8 Å². The lowest BCUT2D eigenvalue weighted by Crippen LogP contribution is -2.44. The molecule has 0 aromatic rings. The zero-order chi connectivity index (χ0) is 10.7. The first kappa shape index (κ1) is 12.8. The predicted octanol–water partition coefficient (Wildman–Crippen LogP) is 1.49. The standard InChI is InChI=1S/C6H13BF2O3S/c1-4-6(5-2,7(8)9)12-13(3,10)11/h4-5H2,1-3H3. The third kappa shape index (κ3) is 3.60. The Morgan fingerprint density at radius 2 is 1.69 bits per heavy atom. The maximum absolute atomic E-state index is 12.5. The van der Waals surface area contributed by atoms with Crippen molar-refractivity contribution in [3.63, 3.8) is 0 Å². The predicted molar refractivity (Wildman–Crippen MR) is 47.2 cm³/mol. The van der Waals surface area contributed by atoms with Crippen LogP contribution in [0, 0.1) is 0 Å². The van der Waals surface area contributed by atoms with E-state index < -0.39 is 22.9 Å². The van der Waals surface area contributed by atoms with E-state index in [2.05, 4.69) is 4.18 Å². The molecular formula is C6H13BF2O3S. The van der Waals surface area contributed by atoms with Crippen LogP contribution in [0.3, 0.4) is 0 Å². The van der Waals surface area contributed by atoms with Gasteiger partial charge in [-0.15, -0.1) is 0 Å². The van der Waals surface area contributed by atoms with E-state index in [1.807, 2.05) is 0 Å². The van der Waals surface area contributed by atoms with E-state index in [0.717, 1.165) is 6.26 Å². The van der Waals surface area contributed by atoms with Gasteiger partial charge in [-0.2, -0.15) is 8.42 Å². The van der Waals surface area contributed by atoms with Gasteiger partial charge in [-0.05, 0) is 12.8 Å². The van der Waals surface area contributed by atoms with Gasteiger partial charge in [0.15, 0.2) is 0 Å². The maximum atomic E-state index is 12.5. The van der Waals surface area contributed by atoms with Gasteiger partial charge in [0.1, 0.15) is 5.50 Å². The lowest BCUT2D eigenvalue weighted by atomic mass is 9.69. The Kier molecular flexibility index (Phi) is 4.31. The molecule has 78 valence electrons. The summed E-state index contributed by atoms with van der Waals surface area (Å²) < 4.78 is 50.8. The van der Waals surface area contributed by atoms with Crippen molar-refractivity contribution in [3.8, 4) is 0 Å². The third-order valence-corrected chi connectivity index (χ3v) is 2.55. The second-order valence-corrected chi connectivity index (χ2v) is 4.43. The third-order valence-electron chi connectivity index (χ3n) is 1.91. The summed E-state index contributed by atoms with van der Waals surface area (Å²) in [6.07, 6.45) is 0.706. The monoisotopic (exact) mass is 214 g/mol. The molecule has 0 rings (SSSR count). The Morgan fingerprint density at radius 1 is 1.31 bits per heavy atom. The molecule has 0 aromatic heterocycles. The molecule has 13 heavy (non-hydrogen) atoms. The average molecular weight is 214 g/mol. The Hall–Kier alpha value is -0.165. The highest BCUT2D eigenvalue weighted by atomic mass is 32.2. The molecule has 0 spiro atoms. The molecule has 0 aliphatic heterocycles. The van der Waals surface area contributed by atoms with Crippen LogP contribution >= 0.6 is 0 Å². The van der Waals surface area contributed by atoms with Gasteiger partial charge in [-0.1, -0.05) is 13.8 Å². The fourth-order valence-corrected chi connectivity index (χ4v) is 1.93. The van der Waals surface area contributed by atoms with Crippen LogP contribution in [0.15, 0.2) is 0 Å². The van der Waals surface area contributed by atoms with Crippen molar-refractivity contribution in [3.05, 3.63) is 0 Å². The average Bonchev–Trinajstić information content (AvgIpc) is 1.98. The molecule has 3 nitrogen and oxygen atoms in total. The molecule has 0 fully saturated rings. The summed E-state index contributed by atoms with van der Waals surface area (Å²) in [5, 5.41) is 0. The summed E-state index contributed by atoms with van der Waals surface area (Å²) in [7, 11) is -6.63. The number of rotatable bonds is 5. The summed E-state index contributed by atoms with van der Waals surface area (Å²) in [5.41, 5.74) is -1.85. The lowest BCUT2D eigenvalue weighted by Gasteiger charge is -2.26. The molecule has 0 saturated carbocycles. The van der Waals surface area contributed by atoms with Crippen molar-refractivity contribution >= 4 is 17.4 Å². The molecule has 0 heterocycles. The molecular weight excluding hydrogens is 201 g/mol. The first-order valence-corrected chi connectivity index (χ1v) is 5.78. The van der Waals surface area contributed by atoms with Crippen LogP contribution in [0.1, 0.15) is 26.7 Å². The van der Waals surface area contributed by atoms with Crippen LogP contribution in [-0.4, -0.2) is 27.4 Å². The van der Waals surface area contributed by atoms with Gasteiger partial charge in [0.2, 0.25) is 0 Å². The van der Waals surface area contributed by atoms with Crippen molar-refractivity contribution in [2.24, 2.45) is 0 Å². The number of halogens is 2. The smallest absolute Gasteiger partial charge is 0.283 e. The molecule has 7 heteroatoms. The van der Waals surface area contributed by atoms with Crippen LogP contribution in [0.2, 0.25) is 0 Å².